The maximum absolute atomic E-state index is 12.0. The van der Waals surface area contributed by atoms with Crippen molar-refractivity contribution in [3.05, 3.63) is 35.4 Å². The second-order valence-corrected chi connectivity index (χ2v) is 4.80. The van der Waals surface area contributed by atoms with Gasteiger partial charge in [0.25, 0.3) is 5.91 Å². The molecular formula is C16H21NO6. The number of nitrogens with zero attached hydrogens (tertiary/aromatic N) is 1. The van der Waals surface area contributed by atoms with Crippen molar-refractivity contribution >= 4 is 12.2 Å². The highest BCUT2D eigenvalue weighted by Crippen LogP contribution is 2.22. The van der Waals surface area contributed by atoms with E-state index < -0.39 is 0 Å². The van der Waals surface area contributed by atoms with E-state index in [9.17, 15) is 9.59 Å². The zero-order valence-corrected chi connectivity index (χ0v) is 12.9. The van der Waals surface area contributed by atoms with Crippen LogP contribution in [0.25, 0.3) is 0 Å². The summed E-state index contributed by atoms with van der Waals surface area (Å²) in [6.07, 6.45) is 0.701. The lowest BCUT2D eigenvalue weighted by Crippen LogP contribution is -2.26. The number of ether oxygens (including phenoxy) is 3. The Hall–Kier alpha value is -1.80. The fourth-order valence-electron chi connectivity index (χ4n) is 2.11. The van der Waals surface area contributed by atoms with E-state index in [1.54, 1.807) is 6.07 Å². The van der Waals surface area contributed by atoms with Crippen molar-refractivity contribution in [2.24, 2.45) is 0 Å². The van der Waals surface area contributed by atoms with E-state index in [-0.39, 0.29) is 12.5 Å². The lowest BCUT2D eigenvalue weighted by Gasteiger charge is -2.15. The smallest absolute Gasteiger partial charge is 0.278 e. The third kappa shape index (κ3) is 5.72. The lowest BCUT2D eigenvalue weighted by atomic mass is 10.1. The summed E-state index contributed by atoms with van der Waals surface area (Å²) in [5.74, 6) is -0.112. The number of hydrogen-bond acceptors (Lipinski definition) is 6. The van der Waals surface area contributed by atoms with E-state index in [4.69, 9.17) is 19.0 Å². The van der Waals surface area contributed by atoms with Gasteiger partial charge in [-0.1, -0.05) is 18.2 Å². The Morgan fingerprint density at radius 2 is 1.61 bits per heavy atom. The van der Waals surface area contributed by atoms with Gasteiger partial charge in [0.1, 0.15) is 12.9 Å². The molecule has 0 saturated carbocycles. The van der Waals surface area contributed by atoms with Gasteiger partial charge in [0.05, 0.1) is 46.2 Å². The van der Waals surface area contributed by atoms with Gasteiger partial charge < -0.3 is 19.0 Å². The van der Waals surface area contributed by atoms with Crippen LogP contribution in [0.3, 0.4) is 0 Å². The van der Waals surface area contributed by atoms with Crippen LogP contribution >= 0.6 is 0 Å². The van der Waals surface area contributed by atoms with Crippen LogP contribution in [-0.4, -0.2) is 63.5 Å². The maximum atomic E-state index is 12.0. The Labute approximate surface area is 135 Å². The Kier molecular flexibility index (Phi) is 7.68. The summed E-state index contributed by atoms with van der Waals surface area (Å²) in [5, 5.41) is 1.36. The van der Waals surface area contributed by atoms with Crippen LogP contribution in [0.5, 0.6) is 0 Å². The summed E-state index contributed by atoms with van der Waals surface area (Å²) in [5.41, 5.74) is 1.67. The predicted octanol–water partition coefficient (Wildman–Crippen LogP) is 0.823. The Morgan fingerprint density at radius 1 is 0.957 bits per heavy atom. The second kappa shape index (κ2) is 10.1. The molecule has 0 N–H and O–H groups in total. The molecule has 7 heteroatoms. The molecule has 1 aromatic rings. The number of hydroxylamine groups is 2. The minimum atomic E-state index is -0.112. The third-order valence-electron chi connectivity index (χ3n) is 3.19. The summed E-state index contributed by atoms with van der Waals surface area (Å²) in [7, 11) is 0. The van der Waals surface area contributed by atoms with Gasteiger partial charge >= 0.3 is 0 Å². The summed E-state index contributed by atoms with van der Waals surface area (Å²) >= 11 is 0. The molecule has 1 aromatic carbocycles. The molecule has 126 valence electrons. The fourth-order valence-corrected chi connectivity index (χ4v) is 2.11. The van der Waals surface area contributed by atoms with Gasteiger partial charge in [-0.3, -0.25) is 9.63 Å². The van der Waals surface area contributed by atoms with E-state index >= 15 is 0 Å². The normalized spacial score (nSPS) is 13.4. The van der Waals surface area contributed by atoms with Crippen molar-refractivity contribution < 1.29 is 28.6 Å². The van der Waals surface area contributed by atoms with Crippen LogP contribution in [0.2, 0.25) is 0 Å². The lowest BCUT2D eigenvalue weighted by molar-refractivity contribution is -0.138. The number of fused-ring (bicyclic) bond motifs is 1. The van der Waals surface area contributed by atoms with Crippen molar-refractivity contribution in [3.63, 3.8) is 0 Å². The molecular weight excluding hydrogens is 302 g/mol. The molecule has 0 radical (unpaired) electrons. The Bertz CT molecular complexity index is 507. The minimum absolute atomic E-state index is 0.0935. The van der Waals surface area contributed by atoms with E-state index in [1.165, 1.54) is 5.06 Å². The molecule has 0 fully saturated rings. The number of benzene rings is 1. The first-order valence-electron chi connectivity index (χ1n) is 7.52. The van der Waals surface area contributed by atoms with Crippen LogP contribution < -0.4 is 0 Å². The van der Waals surface area contributed by atoms with Crippen LogP contribution in [0, 0.1) is 0 Å². The van der Waals surface area contributed by atoms with Crippen LogP contribution in [0.1, 0.15) is 15.9 Å². The van der Waals surface area contributed by atoms with Crippen molar-refractivity contribution in [1.82, 2.24) is 5.06 Å². The first kappa shape index (κ1) is 17.6. The molecule has 7 nitrogen and oxygen atoms in total. The number of carbonyl (C=O) groups excluding carboxylic acids is 2. The van der Waals surface area contributed by atoms with Gasteiger partial charge in [0.2, 0.25) is 0 Å². The van der Waals surface area contributed by atoms with E-state index in [2.05, 4.69) is 0 Å². The van der Waals surface area contributed by atoms with Gasteiger partial charge in [-0.15, -0.1) is 0 Å². The quantitative estimate of drug-likeness (QED) is 0.419. The minimum Gasteiger partial charge on any atom is -0.377 e. The average Bonchev–Trinajstić information content (AvgIpc) is 2.89. The van der Waals surface area contributed by atoms with E-state index in [0.29, 0.717) is 58.0 Å². The first-order chi connectivity index (χ1) is 11.3. The van der Waals surface area contributed by atoms with Crippen LogP contribution in [0.4, 0.5) is 0 Å². The predicted molar refractivity (Wildman–Crippen MR) is 80.8 cm³/mol. The molecule has 1 aliphatic heterocycles. The molecule has 0 bridgehead atoms. The number of amides is 1. The summed E-state index contributed by atoms with van der Waals surface area (Å²) in [6, 6.07) is 7.47. The first-order valence-corrected chi connectivity index (χ1v) is 7.52. The molecule has 2 rings (SSSR count). The zero-order chi connectivity index (χ0) is 16.3. The molecule has 1 aliphatic rings. The van der Waals surface area contributed by atoms with Gasteiger partial charge in [-0.05, 0) is 11.6 Å². The standard InChI is InChI=1S/C16H21NO6/c18-5-6-20-7-8-21-9-10-22-11-12-23-17-13-14-3-1-2-4-15(14)16(17)19/h1-5H,6-13H2. The molecule has 0 atom stereocenters. The van der Waals surface area contributed by atoms with Crippen molar-refractivity contribution in [1.29, 1.82) is 0 Å². The number of hydrogen-bond donors (Lipinski definition) is 0. The highest BCUT2D eigenvalue weighted by Gasteiger charge is 2.27. The summed E-state index contributed by atoms with van der Waals surface area (Å²) < 4.78 is 15.5. The molecule has 1 heterocycles. The SMILES string of the molecule is O=CCOCCOCCOCCON1Cc2ccccc2C1=O. The van der Waals surface area contributed by atoms with Crippen LogP contribution in [0.15, 0.2) is 24.3 Å². The molecule has 0 aromatic heterocycles. The van der Waals surface area contributed by atoms with E-state index in [1.807, 2.05) is 18.2 Å². The van der Waals surface area contributed by atoms with E-state index in [0.717, 1.165) is 5.56 Å². The molecule has 23 heavy (non-hydrogen) atoms. The largest absolute Gasteiger partial charge is 0.377 e. The maximum Gasteiger partial charge on any atom is 0.278 e. The van der Waals surface area contributed by atoms with Gasteiger partial charge in [-0.2, -0.15) is 0 Å². The molecule has 0 aliphatic carbocycles. The van der Waals surface area contributed by atoms with Gasteiger partial charge in [0.15, 0.2) is 0 Å². The molecule has 0 spiro atoms. The number of rotatable bonds is 12. The highest BCUT2D eigenvalue weighted by atomic mass is 16.7. The Balaban J connectivity index is 1.46. The van der Waals surface area contributed by atoms with Gasteiger partial charge in [0, 0.05) is 5.56 Å². The van der Waals surface area contributed by atoms with Crippen molar-refractivity contribution in [2.75, 3.05) is 46.2 Å². The number of carbonyl (C=O) groups is 2. The number of aldehydes is 1. The van der Waals surface area contributed by atoms with Crippen molar-refractivity contribution in [2.45, 2.75) is 6.54 Å². The monoisotopic (exact) mass is 323 g/mol. The summed E-state index contributed by atoms with van der Waals surface area (Å²) in [4.78, 5) is 27.4. The Morgan fingerprint density at radius 3 is 2.30 bits per heavy atom. The molecule has 0 saturated heterocycles. The highest BCUT2D eigenvalue weighted by molar-refractivity contribution is 5.97. The zero-order valence-electron chi connectivity index (χ0n) is 12.9. The second-order valence-electron chi connectivity index (χ2n) is 4.80. The average molecular weight is 323 g/mol. The molecule has 1 amide bonds. The third-order valence-corrected chi connectivity index (χ3v) is 3.19. The van der Waals surface area contributed by atoms with Crippen molar-refractivity contribution in [3.8, 4) is 0 Å². The molecule has 0 unspecified atom stereocenters. The summed E-state index contributed by atoms with van der Waals surface area (Å²) in [6.45, 7) is 2.94. The fraction of sp³-hybridized carbons (Fsp3) is 0.500. The van der Waals surface area contributed by atoms with Crippen LogP contribution in [-0.2, 0) is 30.4 Å². The van der Waals surface area contributed by atoms with Gasteiger partial charge in [-0.25, -0.2) is 5.06 Å². The topological polar surface area (TPSA) is 74.3 Å².